The summed E-state index contributed by atoms with van der Waals surface area (Å²) in [6.07, 6.45) is 6.22. The van der Waals surface area contributed by atoms with Crippen LogP contribution in [0.1, 0.15) is 31.2 Å². The van der Waals surface area contributed by atoms with Crippen molar-refractivity contribution in [1.82, 2.24) is 4.57 Å². The largest absolute Gasteiger partial charge is 0.340 e. The van der Waals surface area contributed by atoms with Crippen LogP contribution in [-0.2, 0) is 13.0 Å². The van der Waals surface area contributed by atoms with Crippen LogP contribution in [-0.4, -0.2) is 11.1 Å². The van der Waals surface area contributed by atoms with Crippen molar-refractivity contribution in [2.24, 2.45) is 11.7 Å². The van der Waals surface area contributed by atoms with E-state index in [0.717, 1.165) is 25.3 Å². The average Bonchev–Trinajstić information content (AvgIpc) is 3.32. The SMILES string of the molecule is NCCCCc1ccc2c(c1)c1ccccc1n2CC1CC1. The molecule has 1 saturated carbocycles. The molecule has 114 valence electrons. The predicted octanol–water partition coefficient (Wildman–Crippen LogP) is 4.49. The molecule has 1 heterocycles. The van der Waals surface area contributed by atoms with Crippen LogP contribution in [0.3, 0.4) is 0 Å². The van der Waals surface area contributed by atoms with Gasteiger partial charge in [-0.1, -0.05) is 24.3 Å². The highest BCUT2D eigenvalue weighted by atomic mass is 15.0. The fourth-order valence-corrected chi connectivity index (χ4v) is 3.49. The van der Waals surface area contributed by atoms with Gasteiger partial charge in [0.05, 0.1) is 0 Å². The van der Waals surface area contributed by atoms with Crippen molar-refractivity contribution in [3.05, 3.63) is 48.0 Å². The van der Waals surface area contributed by atoms with Crippen LogP contribution in [0.25, 0.3) is 21.8 Å². The van der Waals surface area contributed by atoms with E-state index >= 15 is 0 Å². The van der Waals surface area contributed by atoms with E-state index in [1.807, 2.05) is 0 Å². The number of hydrogen-bond donors (Lipinski definition) is 1. The third-order valence-corrected chi connectivity index (χ3v) is 4.89. The molecule has 1 aliphatic carbocycles. The van der Waals surface area contributed by atoms with Gasteiger partial charge >= 0.3 is 0 Å². The molecule has 0 atom stereocenters. The van der Waals surface area contributed by atoms with Gasteiger partial charge in [-0.25, -0.2) is 0 Å². The van der Waals surface area contributed by atoms with Gasteiger partial charge in [0.2, 0.25) is 0 Å². The van der Waals surface area contributed by atoms with Gasteiger partial charge in [-0.3, -0.25) is 0 Å². The number of aryl methyl sites for hydroxylation is 1. The molecule has 1 aliphatic rings. The lowest BCUT2D eigenvalue weighted by molar-refractivity contribution is 0.664. The minimum atomic E-state index is 0.795. The van der Waals surface area contributed by atoms with E-state index in [-0.39, 0.29) is 0 Å². The zero-order valence-electron chi connectivity index (χ0n) is 13.1. The van der Waals surface area contributed by atoms with Gasteiger partial charge < -0.3 is 10.3 Å². The molecule has 0 unspecified atom stereocenters. The van der Waals surface area contributed by atoms with Crippen molar-refractivity contribution >= 4 is 21.8 Å². The van der Waals surface area contributed by atoms with Crippen molar-refractivity contribution in [2.45, 2.75) is 38.6 Å². The molecule has 1 aromatic heterocycles. The predicted molar refractivity (Wildman–Crippen MR) is 94.2 cm³/mol. The Labute approximate surface area is 131 Å². The lowest BCUT2D eigenvalue weighted by Gasteiger charge is -2.07. The Balaban J connectivity index is 1.79. The van der Waals surface area contributed by atoms with E-state index in [1.165, 1.54) is 53.2 Å². The first kappa shape index (κ1) is 13.8. The van der Waals surface area contributed by atoms with E-state index in [2.05, 4.69) is 47.0 Å². The second-order valence-corrected chi connectivity index (χ2v) is 6.67. The number of nitrogens with two attached hydrogens (primary N) is 1. The van der Waals surface area contributed by atoms with Crippen LogP contribution in [0.4, 0.5) is 0 Å². The highest BCUT2D eigenvalue weighted by Crippen LogP contribution is 2.36. The van der Waals surface area contributed by atoms with Crippen LogP contribution in [0.5, 0.6) is 0 Å². The van der Waals surface area contributed by atoms with Crippen LogP contribution in [0.2, 0.25) is 0 Å². The summed E-state index contributed by atoms with van der Waals surface area (Å²) in [5.74, 6) is 0.892. The first-order valence-corrected chi connectivity index (χ1v) is 8.57. The number of benzene rings is 2. The molecule has 2 aromatic carbocycles. The highest BCUT2D eigenvalue weighted by Gasteiger charge is 2.23. The monoisotopic (exact) mass is 292 g/mol. The molecule has 0 spiro atoms. The lowest BCUT2D eigenvalue weighted by atomic mass is 10.0. The minimum Gasteiger partial charge on any atom is -0.340 e. The number of unbranched alkanes of at least 4 members (excludes halogenated alkanes) is 1. The topological polar surface area (TPSA) is 30.9 Å². The molecular weight excluding hydrogens is 268 g/mol. The van der Waals surface area contributed by atoms with E-state index < -0.39 is 0 Å². The second-order valence-electron chi connectivity index (χ2n) is 6.67. The minimum absolute atomic E-state index is 0.795. The fourth-order valence-electron chi connectivity index (χ4n) is 3.49. The number of rotatable bonds is 6. The van der Waals surface area contributed by atoms with Crippen molar-refractivity contribution in [3.63, 3.8) is 0 Å². The normalized spacial score (nSPS) is 15.0. The van der Waals surface area contributed by atoms with Crippen molar-refractivity contribution in [3.8, 4) is 0 Å². The van der Waals surface area contributed by atoms with Gasteiger partial charge in [0.15, 0.2) is 0 Å². The van der Waals surface area contributed by atoms with Crippen LogP contribution >= 0.6 is 0 Å². The number of para-hydroxylation sites is 1. The Morgan fingerprint density at radius 2 is 1.77 bits per heavy atom. The molecular formula is C20H24N2. The molecule has 1 fully saturated rings. The first-order chi connectivity index (χ1) is 10.9. The summed E-state index contributed by atoms with van der Waals surface area (Å²) in [5.41, 5.74) is 9.84. The molecule has 2 N–H and O–H groups in total. The average molecular weight is 292 g/mol. The summed E-state index contributed by atoms with van der Waals surface area (Å²) in [5, 5.41) is 2.82. The zero-order valence-corrected chi connectivity index (χ0v) is 13.1. The maximum Gasteiger partial charge on any atom is 0.0491 e. The molecule has 0 aliphatic heterocycles. The molecule has 0 bridgehead atoms. The Morgan fingerprint density at radius 3 is 2.59 bits per heavy atom. The van der Waals surface area contributed by atoms with E-state index in [9.17, 15) is 0 Å². The standard InChI is InChI=1S/C20H24N2/c21-12-4-3-5-15-10-11-20-18(13-15)17-6-1-2-7-19(17)22(20)14-16-8-9-16/h1-2,6-7,10-11,13,16H,3-5,8-9,12,14,21H2. The summed E-state index contributed by atoms with van der Waals surface area (Å²) in [4.78, 5) is 0. The Morgan fingerprint density at radius 1 is 0.955 bits per heavy atom. The number of hydrogen-bond acceptors (Lipinski definition) is 1. The summed E-state index contributed by atoms with van der Waals surface area (Å²) >= 11 is 0. The quantitative estimate of drug-likeness (QED) is 0.667. The van der Waals surface area contributed by atoms with Gasteiger partial charge in [0.1, 0.15) is 0 Å². The Bertz CT molecular complexity index is 796. The molecule has 2 nitrogen and oxygen atoms in total. The van der Waals surface area contributed by atoms with Crippen molar-refractivity contribution in [2.75, 3.05) is 6.54 Å². The Hall–Kier alpha value is -1.80. The van der Waals surface area contributed by atoms with E-state index in [1.54, 1.807) is 0 Å². The lowest BCUT2D eigenvalue weighted by Crippen LogP contribution is -2.00. The van der Waals surface area contributed by atoms with Crippen LogP contribution in [0, 0.1) is 5.92 Å². The van der Waals surface area contributed by atoms with Crippen molar-refractivity contribution < 1.29 is 0 Å². The summed E-state index contributed by atoms with van der Waals surface area (Å²) in [6, 6.07) is 15.9. The van der Waals surface area contributed by atoms with Gasteiger partial charge in [-0.05, 0) is 68.3 Å². The molecule has 22 heavy (non-hydrogen) atoms. The molecule has 2 heteroatoms. The number of nitrogens with zero attached hydrogens (tertiary/aromatic N) is 1. The molecule has 4 rings (SSSR count). The third-order valence-electron chi connectivity index (χ3n) is 4.89. The van der Waals surface area contributed by atoms with Gasteiger partial charge in [0.25, 0.3) is 0 Å². The fraction of sp³-hybridized carbons (Fsp3) is 0.400. The maximum atomic E-state index is 5.61. The smallest absolute Gasteiger partial charge is 0.0491 e. The highest BCUT2D eigenvalue weighted by molar-refractivity contribution is 6.08. The van der Waals surface area contributed by atoms with Gasteiger partial charge in [-0.2, -0.15) is 0 Å². The third kappa shape index (κ3) is 2.52. The molecule has 0 radical (unpaired) electrons. The first-order valence-electron chi connectivity index (χ1n) is 8.57. The van der Waals surface area contributed by atoms with Gasteiger partial charge in [-0.15, -0.1) is 0 Å². The summed E-state index contributed by atoms with van der Waals surface area (Å²) < 4.78 is 2.53. The van der Waals surface area contributed by atoms with Crippen molar-refractivity contribution in [1.29, 1.82) is 0 Å². The second kappa shape index (κ2) is 5.77. The maximum absolute atomic E-state index is 5.61. The van der Waals surface area contributed by atoms with Gasteiger partial charge in [0, 0.05) is 28.4 Å². The summed E-state index contributed by atoms with van der Waals surface area (Å²) in [6.45, 7) is 1.97. The van der Waals surface area contributed by atoms with E-state index in [4.69, 9.17) is 5.73 Å². The molecule has 0 saturated heterocycles. The van der Waals surface area contributed by atoms with Crippen LogP contribution < -0.4 is 5.73 Å². The number of aromatic nitrogens is 1. The van der Waals surface area contributed by atoms with Crippen LogP contribution in [0.15, 0.2) is 42.5 Å². The molecule has 0 amide bonds. The zero-order chi connectivity index (χ0) is 14.9. The Kier molecular flexibility index (Phi) is 3.63. The number of fused-ring (bicyclic) bond motifs is 3. The molecule has 3 aromatic rings. The summed E-state index contributed by atoms with van der Waals surface area (Å²) in [7, 11) is 0. The van der Waals surface area contributed by atoms with E-state index in [0.29, 0.717) is 0 Å².